The van der Waals surface area contributed by atoms with E-state index >= 15 is 0 Å². The van der Waals surface area contributed by atoms with Crippen LogP contribution in [0.25, 0.3) is 0 Å². The van der Waals surface area contributed by atoms with Crippen molar-refractivity contribution in [2.24, 2.45) is 0 Å². The van der Waals surface area contributed by atoms with Gasteiger partial charge in [0.15, 0.2) is 0 Å². The molecule has 0 bridgehead atoms. The summed E-state index contributed by atoms with van der Waals surface area (Å²) in [5, 5.41) is 20.3. The van der Waals surface area contributed by atoms with Gasteiger partial charge in [-0.05, 0) is 13.0 Å². The van der Waals surface area contributed by atoms with Crippen LogP contribution in [0.5, 0.6) is 0 Å². The van der Waals surface area contributed by atoms with E-state index in [1.807, 2.05) is 0 Å². The maximum Gasteiger partial charge on any atom is 0.208 e. The highest BCUT2D eigenvalue weighted by Crippen LogP contribution is 1.80. The molecule has 0 aliphatic heterocycles. The second-order valence-corrected chi connectivity index (χ2v) is 4.89. The number of hydrogen-bond donors (Lipinski definition) is 4. The first-order valence-corrected chi connectivity index (χ1v) is 6.29. The van der Waals surface area contributed by atoms with Gasteiger partial charge in [0.2, 0.25) is 10.0 Å². The number of aliphatic hydroxyl groups excluding tert-OH is 2. The molecule has 1 atom stereocenters. The minimum Gasteiger partial charge on any atom is -0.394 e. The SMILES string of the molecule is CS(=O)(=O)NCCCNC[C@H](O)CO. The standard InChI is InChI=1S/C7H18N2O4S/c1-14(12,13)9-4-2-3-8-5-7(11)6-10/h7-11H,2-6H2,1H3/t7-/m0/s1. The molecule has 7 heteroatoms. The zero-order valence-corrected chi connectivity index (χ0v) is 9.05. The molecule has 14 heavy (non-hydrogen) atoms. The average Bonchev–Trinajstić information content (AvgIpc) is 2.08. The van der Waals surface area contributed by atoms with Gasteiger partial charge < -0.3 is 15.5 Å². The lowest BCUT2D eigenvalue weighted by atomic mass is 10.3. The van der Waals surface area contributed by atoms with Gasteiger partial charge in [0.1, 0.15) is 0 Å². The Morgan fingerprint density at radius 2 is 2.00 bits per heavy atom. The van der Waals surface area contributed by atoms with Gasteiger partial charge in [0.25, 0.3) is 0 Å². The molecule has 0 aliphatic rings. The van der Waals surface area contributed by atoms with Crippen LogP contribution in [0.2, 0.25) is 0 Å². The summed E-state index contributed by atoms with van der Waals surface area (Å²) in [5.41, 5.74) is 0. The summed E-state index contributed by atoms with van der Waals surface area (Å²) in [6.45, 7) is 1.02. The molecule has 0 heterocycles. The molecule has 0 radical (unpaired) electrons. The summed E-state index contributed by atoms with van der Waals surface area (Å²) < 4.78 is 23.6. The first-order chi connectivity index (χ1) is 6.45. The Balaban J connectivity index is 3.23. The van der Waals surface area contributed by atoms with Crippen LogP contribution in [0, 0.1) is 0 Å². The lowest BCUT2D eigenvalue weighted by molar-refractivity contribution is 0.0946. The number of sulfonamides is 1. The lowest BCUT2D eigenvalue weighted by Gasteiger charge is -2.08. The van der Waals surface area contributed by atoms with Crippen LogP contribution >= 0.6 is 0 Å². The Bertz CT molecular complexity index is 230. The van der Waals surface area contributed by atoms with E-state index in [-0.39, 0.29) is 6.61 Å². The molecule has 86 valence electrons. The van der Waals surface area contributed by atoms with E-state index in [0.717, 1.165) is 6.26 Å². The van der Waals surface area contributed by atoms with Crippen LogP contribution in [0.15, 0.2) is 0 Å². The van der Waals surface area contributed by atoms with Gasteiger partial charge >= 0.3 is 0 Å². The van der Waals surface area contributed by atoms with Crippen molar-refractivity contribution in [3.8, 4) is 0 Å². The minimum atomic E-state index is -3.10. The van der Waals surface area contributed by atoms with Crippen LogP contribution in [0.4, 0.5) is 0 Å². The normalized spacial score (nSPS) is 14.2. The van der Waals surface area contributed by atoms with Gasteiger partial charge in [-0.3, -0.25) is 0 Å². The molecule has 0 aromatic heterocycles. The fourth-order valence-corrected chi connectivity index (χ4v) is 1.32. The number of rotatable bonds is 8. The fourth-order valence-electron chi connectivity index (χ4n) is 0.804. The maximum absolute atomic E-state index is 10.6. The summed E-state index contributed by atoms with van der Waals surface area (Å²) in [5.74, 6) is 0. The third-order valence-electron chi connectivity index (χ3n) is 1.49. The maximum atomic E-state index is 10.6. The van der Waals surface area contributed by atoms with Crippen molar-refractivity contribution in [3.05, 3.63) is 0 Å². The molecule has 0 saturated carbocycles. The zero-order valence-electron chi connectivity index (χ0n) is 8.23. The first-order valence-electron chi connectivity index (χ1n) is 4.40. The van der Waals surface area contributed by atoms with Crippen LogP contribution in [0.1, 0.15) is 6.42 Å². The van der Waals surface area contributed by atoms with Crippen LogP contribution in [-0.2, 0) is 10.0 Å². The van der Waals surface area contributed by atoms with E-state index in [2.05, 4.69) is 10.0 Å². The largest absolute Gasteiger partial charge is 0.394 e. The number of aliphatic hydroxyl groups is 2. The van der Waals surface area contributed by atoms with E-state index in [0.29, 0.717) is 26.1 Å². The van der Waals surface area contributed by atoms with E-state index < -0.39 is 16.1 Å². The van der Waals surface area contributed by atoms with Crippen molar-refractivity contribution in [2.75, 3.05) is 32.5 Å². The molecule has 0 aliphatic carbocycles. The fraction of sp³-hybridized carbons (Fsp3) is 1.00. The van der Waals surface area contributed by atoms with Crippen molar-refractivity contribution in [2.45, 2.75) is 12.5 Å². The van der Waals surface area contributed by atoms with E-state index in [1.54, 1.807) is 0 Å². The summed E-state index contributed by atoms with van der Waals surface area (Å²) in [6, 6.07) is 0. The summed E-state index contributed by atoms with van der Waals surface area (Å²) >= 11 is 0. The molecule has 0 unspecified atom stereocenters. The molecule has 0 aromatic rings. The molecule has 0 saturated heterocycles. The molecule has 0 aromatic carbocycles. The smallest absolute Gasteiger partial charge is 0.208 e. The highest BCUT2D eigenvalue weighted by Gasteiger charge is 2.01. The molecule has 0 fully saturated rings. The van der Waals surface area contributed by atoms with Gasteiger partial charge in [-0.1, -0.05) is 0 Å². The highest BCUT2D eigenvalue weighted by molar-refractivity contribution is 7.88. The lowest BCUT2D eigenvalue weighted by Crippen LogP contribution is -2.32. The highest BCUT2D eigenvalue weighted by atomic mass is 32.2. The van der Waals surface area contributed by atoms with Crippen molar-refractivity contribution in [1.82, 2.24) is 10.0 Å². The quantitative estimate of drug-likeness (QED) is 0.354. The minimum absolute atomic E-state index is 0.269. The zero-order chi connectivity index (χ0) is 11.0. The van der Waals surface area contributed by atoms with E-state index in [4.69, 9.17) is 10.2 Å². The topological polar surface area (TPSA) is 98.7 Å². The molecular weight excluding hydrogens is 208 g/mol. The molecule has 4 N–H and O–H groups in total. The molecule has 0 rings (SSSR count). The first kappa shape index (κ1) is 13.8. The Morgan fingerprint density at radius 3 is 2.50 bits per heavy atom. The second-order valence-electron chi connectivity index (χ2n) is 3.06. The Morgan fingerprint density at radius 1 is 1.36 bits per heavy atom. The van der Waals surface area contributed by atoms with E-state index in [9.17, 15) is 8.42 Å². The summed E-state index contributed by atoms with van der Waals surface area (Å²) in [7, 11) is -3.10. The van der Waals surface area contributed by atoms with Crippen molar-refractivity contribution < 1.29 is 18.6 Å². The second kappa shape index (κ2) is 7.13. The van der Waals surface area contributed by atoms with Crippen molar-refractivity contribution in [1.29, 1.82) is 0 Å². The third kappa shape index (κ3) is 9.87. The molecule has 0 spiro atoms. The average molecular weight is 226 g/mol. The van der Waals surface area contributed by atoms with Gasteiger partial charge in [-0.25, -0.2) is 13.1 Å². The van der Waals surface area contributed by atoms with Crippen LogP contribution in [-0.4, -0.2) is 57.2 Å². The van der Waals surface area contributed by atoms with E-state index in [1.165, 1.54) is 0 Å². The summed E-state index contributed by atoms with van der Waals surface area (Å²) in [6.07, 6.45) is 0.999. The van der Waals surface area contributed by atoms with Crippen LogP contribution < -0.4 is 10.0 Å². The molecule has 0 amide bonds. The summed E-state index contributed by atoms with van der Waals surface area (Å²) in [4.78, 5) is 0. The van der Waals surface area contributed by atoms with Gasteiger partial charge in [-0.15, -0.1) is 0 Å². The van der Waals surface area contributed by atoms with Gasteiger partial charge in [0, 0.05) is 13.1 Å². The molecule has 6 nitrogen and oxygen atoms in total. The van der Waals surface area contributed by atoms with Crippen molar-refractivity contribution >= 4 is 10.0 Å². The van der Waals surface area contributed by atoms with Gasteiger partial charge in [-0.2, -0.15) is 0 Å². The Labute approximate surface area is 84.4 Å². The monoisotopic (exact) mass is 226 g/mol. The number of nitrogens with one attached hydrogen (secondary N) is 2. The van der Waals surface area contributed by atoms with Crippen LogP contribution in [0.3, 0.4) is 0 Å². The predicted molar refractivity (Wildman–Crippen MR) is 53.4 cm³/mol. The van der Waals surface area contributed by atoms with Crippen molar-refractivity contribution in [3.63, 3.8) is 0 Å². The predicted octanol–water partition coefficient (Wildman–Crippen LogP) is -2.13. The number of hydrogen-bond acceptors (Lipinski definition) is 5. The molecular formula is C7H18N2O4S. The Kier molecular flexibility index (Phi) is 7.02. The Hall–Kier alpha value is -0.210. The third-order valence-corrected chi connectivity index (χ3v) is 2.21. The van der Waals surface area contributed by atoms with Gasteiger partial charge in [0.05, 0.1) is 19.0 Å².